The molecule has 0 aliphatic carbocycles. The van der Waals surface area contributed by atoms with Gasteiger partial charge in [0.25, 0.3) is 5.91 Å². The summed E-state index contributed by atoms with van der Waals surface area (Å²) in [7, 11) is 0. The molecule has 128 valence electrons. The van der Waals surface area contributed by atoms with Crippen LogP contribution in [0.2, 0.25) is 0 Å². The van der Waals surface area contributed by atoms with Crippen molar-refractivity contribution >= 4 is 11.8 Å². The number of likely N-dealkylation sites (N-methyl/N-ethyl adjacent to an activating group) is 1. The van der Waals surface area contributed by atoms with Crippen LogP contribution in [0.25, 0.3) is 0 Å². The van der Waals surface area contributed by atoms with E-state index in [1.165, 1.54) is 30.7 Å². The number of furan rings is 1. The van der Waals surface area contributed by atoms with Crippen LogP contribution in [-0.2, 0) is 4.79 Å². The molecular weight excluding hydrogens is 311 g/mol. The van der Waals surface area contributed by atoms with E-state index in [9.17, 15) is 14.0 Å². The van der Waals surface area contributed by atoms with E-state index >= 15 is 0 Å². The summed E-state index contributed by atoms with van der Waals surface area (Å²) in [6.07, 6.45) is 2.72. The highest BCUT2D eigenvalue weighted by molar-refractivity contribution is 5.97. The van der Waals surface area contributed by atoms with Gasteiger partial charge in [0.2, 0.25) is 5.91 Å². The van der Waals surface area contributed by atoms with E-state index < -0.39 is 6.04 Å². The van der Waals surface area contributed by atoms with Crippen molar-refractivity contribution in [3.05, 3.63) is 59.8 Å². The van der Waals surface area contributed by atoms with Gasteiger partial charge in [0, 0.05) is 6.54 Å². The Morgan fingerprint density at radius 1 is 1.21 bits per heavy atom. The fraction of sp³-hybridized carbons (Fsp3) is 0.333. The van der Waals surface area contributed by atoms with E-state index in [4.69, 9.17) is 4.42 Å². The molecule has 5 nitrogen and oxygen atoms in total. The predicted octanol–water partition coefficient (Wildman–Crippen LogP) is 3.15. The maximum Gasteiger partial charge on any atom is 0.255 e. The normalized spacial score (nSPS) is 13.2. The molecule has 6 heteroatoms. The number of rotatable bonds is 6. The number of carbonyl (C=O) groups is 2. The quantitative estimate of drug-likeness (QED) is 0.884. The zero-order valence-electron chi connectivity index (χ0n) is 14.0. The summed E-state index contributed by atoms with van der Waals surface area (Å²) in [4.78, 5) is 26.3. The van der Waals surface area contributed by atoms with Gasteiger partial charge in [-0.05, 0) is 44.5 Å². The van der Waals surface area contributed by atoms with Gasteiger partial charge in [-0.3, -0.25) is 9.59 Å². The SMILES string of the molecule is CCN(C(=O)C(C)NC(=O)c1ccoc1)C(C)c1ccc(F)cc1. The first-order chi connectivity index (χ1) is 11.4. The first kappa shape index (κ1) is 17.7. The number of halogens is 1. The van der Waals surface area contributed by atoms with Crippen LogP contribution < -0.4 is 5.32 Å². The van der Waals surface area contributed by atoms with Gasteiger partial charge in [0.05, 0.1) is 17.9 Å². The minimum atomic E-state index is -0.685. The predicted molar refractivity (Wildman–Crippen MR) is 87.8 cm³/mol. The van der Waals surface area contributed by atoms with E-state index in [1.807, 2.05) is 13.8 Å². The second-order valence-electron chi connectivity index (χ2n) is 5.56. The number of benzene rings is 1. The molecule has 0 spiro atoms. The van der Waals surface area contributed by atoms with Gasteiger partial charge in [-0.15, -0.1) is 0 Å². The van der Waals surface area contributed by atoms with Crippen LogP contribution in [0.1, 0.15) is 42.7 Å². The van der Waals surface area contributed by atoms with Crippen molar-refractivity contribution in [2.45, 2.75) is 32.9 Å². The van der Waals surface area contributed by atoms with Crippen LogP contribution in [0.5, 0.6) is 0 Å². The van der Waals surface area contributed by atoms with E-state index in [0.717, 1.165) is 5.56 Å². The Balaban J connectivity index is 2.06. The van der Waals surface area contributed by atoms with Gasteiger partial charge >= 0.3 is 0 Å². The van der Waals surface area contributed by atoms with Crippen molar-refractivity contribution in [1.29, 1.82) is 0 Å². The van der Waals surface area contributed by atoms with Gasteiger partial charge in [-0.25, -0.2) is 4.39 Å². The van der Waals surface area contributed by atoms with Crippen molar-refractivity contribution in [2.24, 2.45) is 0 Å². The Bertz CT molecular complexity index is 683. The molecule has 24 heavy (non-hydrogen) atoms. The van der Waals surface area contributed by atoms with Gasteiger partial charge in [0.1, 0.15) is 18.1 Å². The standard InChI is InChI=1S/C18H21FN2O3/c1-4-21(13(3)14-5-7-16(19)8-6-14)18(23)12(2)20-17(22)15-9-10-24-11-15/h5-13H,4H2,1-3H3,(H,20,22). The zero-order valence-corrected chi connectivity index (χ0v) is 14.0. The van der Waals surface area contributed by atoms with Gasteiger partial charge in [0.15, 0.2) is 0 Å². The number of hydrogen-bond acceptors (Lipinski definition) is 3. The number of amides is 2. The molecule has 2 aromatic rings. The smallest absolute Gasteiger partial charge is 0.255 e. The second kappa shape index (κ2) is 7.77. The van der Waals surface area contributed by atoms with Crippen LogP contribution in [0.15, 0.2) is 47.3 Å². The van der Waals surface area contributed by atoms with Crippen molar-refractivity contribution in [3.8, 4) is 0 Å². The summed E-state index contributed by atoms with van der Waals surface area (Å²) < 4.78 is 17.9. The van der Waals surface area contributed by atoms with Crippen LogP contribution in [-0.4, -0.2) is 29.3 Å². The van der Waals surface area contributed by atoms with Gasteiger partial charge < -0.3 is 14.6 Å². The summed E-state index contributed by atoms with van der Waals surface area (Å²) >= 11 is 0. The molecule has 0 radical (unpaired) electrons. The number of carbonyl (C=O) groups excluding carboxylic acids is 2. The Labute approximate surface area is 140 Å². The van der Waals surface area contributed by atoms with E-state index in [1.54, 1.807) is 24.0 Å². The molecule has 0 aliphatic rings. The van der Waals surface area contributed by atoms with Crippen LogP contribution in [0.4, 0.5) is 4.39 Å². The highest BCUT2D eigenvalue weighted by Gasteiger charge is 2.26. The molecule has 2 amide bonds. The lowest BCUT2D eigenvalue weighted by atomic mass is 10.1. The molecule has 1 aromatic heterocycles. The minimum absolute atomic E-state index is 0.203. The average Bonchev–Trinajstić information content (AvgIpc) is 3.10. The molecule has 1 N–H and O–H groups in total. The molecule has 2 rings (SSSR count). The molecular formula is C18H21FN2O3. The molecule has 0 saturated carbocycles. The molecule has 1 heterocycles. The average molecular weight is 332 g/mol. The lowest BCUT2D eigenvalue weighted by molar-refractivity contribution is -0.134. The molecule has 2 atom stereocenters. The van der Waals surface area contributed by atoms with E-state index in [2.05, 4.69) is 5.32 Å². The van der Waals surface area contributed by atoms with Gasteiger partial charge in [-0.1, -0.05) is 12.1 Å². The highest BCUT2D eigenvalue weighted by Crippen LogP contribution is 2.21. The second-order valence-corrected chi connectivity index (χ2v) is 5.56. The largest absolute Gasteiger partial charge is 0.472 e. The van der Waals surface area contributed by atoms with Crippen molar-refractivity contribution in [2.75, 3.05) is 6.54 Å². The third kappa shape index (κ3) is 4.01. The highest BCUT2D eigenvalue weighted by atomic mass is 19.1. The zero-order chi connectivity index (χ0) is 17.7. The Morgan fingerprint density at radius 2 is 1.88 bits per heavy atom. The lowest BCUT2D eigenvalue weighted by Gasteiger charge is -2.31. The maximum absolute atomic E-state index is 13.1. The molecule has 0 bridgehead atoms. The third-order valence-electron chi connectivity index (χ3n) is 3.95. The van der Waals surface area contributed by atoms with Crippen molar-refractivity contribution in [1.82, 2.24) is 10.2 Å². The first-order valence-electron chi connectivity index (χ1n) is 7.83. The molecule has 1 aromatic carbocycles. The fourth-order valence-electron chi connectivity index (χ4n) is 2.53. The third-order valence-corrected chi connectivity index (χ3v) is 3.95. The number of nitrogens with one attached hydrogen (secondary N) is 1. The molecule has 0 saturated heterocycles. The number of hydrogen-bond donors (Lipinski definition) is 1. The summed E-state index contributed by atoms with van der Waals surface area (Å²) in [5.74, 6) is -0.887. The van der Waals surface area contributed by atoms with Crippen molar-refractivity contribution in [3.63, 3.8) is 0 Å². The molecule has 0 aliphatic heterocycles. The van der Waals surface area contributed by atoms with Crippen molar-refractivity contribution < 1.29 is 18.4 Å². The lowest BCUT2D eigenvalue weighted by Crippen LogP contribution is -2.47. The Morgan fingerprint density at radius 3 is 2.42 bits per heavy atom. The summed E-state index contributed by atoms with van der Waals surface area (Å²) in [5.41, 5.74) is 1.20. The Kier molecular flexibility index (Phi) is 5.73. The monoisotopic (exact) mass is 332 g/mol. The summed E-state index contributed by atoms with van der Waals surface area (Å²) in [6.45, 7) is 5.85. The molecule has 2 unspecified atom stereocenters. The molecule has 0 fully saturated rings. The van der Waals surface area contributed by atoms with Crippen LogP contribution >= 0.6 is 0 Å². The maximum atomic E-state index is 13.1. The summed E-state index contributed by atoms with van der Waals surface area (Å²) in [6, 6.07) is 6.68. The Hall–Kier alpha value is -2.63. The van der Waals surface area contributed by atoms with E-state index in [-0.39, 0.29) is 23.7 Å². The van der Waals surface area contributed by atoms with E-state index in [0.29, 0.717) is 12.1 Å². The minimum Gasteiger partial charge on any atom is -0.472 e. The summed E-state index contributed by atoms with van der Waals surface area (Å²) in [5, 5.41) is 2.66. The first-order valence-corrected chi connectivity index (χ1v) is 7.83. The number of nitrogens with zero attached hydrogens (tertiary/aromatic N) is 1. The fourth-order valence-corrected chi connectivity index (χ4v) is 2.53. The van der Waals surface area contributed by atoms with Crippen LogP contribution in [0.3, 0.4) is 0 Å². The van der Waals surface area contributed by atoms with Gasteiger partial charge in [-0.2, -0.15) is 0 Å². The van der Waals surface area contributed by atoms with Crippen LogP contribution in [0, 0.1) is 5.82 Å². The topological polar surface area (TPSA) is 62.6 Å².